The first-order valence-corrected chi connectivity index (χ1v) is 8.34. The summed E-state index contributed by atoms with van der Waals surface area (Å²) < 4.78 is 0. The Bertz CT molecular complexity index is 642. The van der Waals surface area contributed by atoms with E-state index in [9.17, 15) is 0 Å². The molecular formula is C18H23ClN2. The Labute approximate surface area is 131 Å². The lowest BCUT2D eigenvalue weighted by Gasteiger charge is -2.26. The molecule has 0 bridgehead atoms. The van der Waals surface area contributed by atoms with E-state index >= 15 is 0 Å². The Kier molecular flexibility index (Phi) is 4.67. The van der Waals surface area contributed by atoms with Crippen LogP contribution in [0.15, 0.2) is 30.5 Å². The Morgan fingerprint density at radius 2 is 2.19 bits per heavy atom. The third-order valence-corrected chi connectivity index (χ3v) is 4.60. The SMILES string of the molecule is CCCCCN1CC=C(c2c[nH]c3ccc(Cl)cc23)CC1. The molecule has 3 rings (SSSR count). The van der Waals surface area contributed by atoms with Crippen molar-refractivity contribution in [3.05, 3.63) is 41.1 Å². The van der Waals surface area contributed by atoms with Gasteiger partial charge in [-0.15, -0.1) is 0 Å². The van der Waals surface area contributed by atoms with Crippen LogP contribution in [0.2, 0.25) is 5.02 Å². The van der Waals surface area contributed by atoms with E-state index in [1.54, 1.807) is 0 Å². The lowest BCUT2D eigenvalue weighted by atomic mass is 9.99. The van der Waals surface area contributed by atoms with Gasteiger partial charge in [-0.1, -0.05) is 37.4 Å². The molecule has 0 atom stereocenters. The van der Waals surface area contributed by atoms with E-state index < -0.39 is 0 Å². The highest BCUT2D eigenvalue weighted by Crippen LogP contribution is 2.30. The van der Waals surface area contributed by atoms with Gasteiger partial charge in [0.1, 0.15) is 0 Å². The van der Waals surface area contributed by atoms with Crippen LogP contribution in [0.3, 0.4) is 0 Å². The molecule has 0 aliphatic carbocycles. The summed E-state index contributed by atoms with van der Waals surface area (Å²) in [6.07, 6.45) is 9.60. The zero-order chi connectivity index (χ0) is 14.7. The molecule has 1 aromatic heterocycles. The number of rotatable bonds is 5. The van der Waals surface area contributed by atoms with Crippen LogP contribution in [0.5, 0.6) is 0 Å². The van der Waals surface area contributed by atoms with Crippen molar-refractivity contribution in [3.63, 3.8) is 0 Å². The fourth-order valence-corrected chi connectivity index (χ4v) is 3.27. The van der Waals surface area contributed by atoms with Crippen LogP contribution in [-0.4, -0.2) is 29.5 Å². The lowest BCUT2D eigenvalue weighted by Crippen LogP contribution is -2.29. The quantitative estimate of drug-likeness (QED) is 0.761. The van der Waals surface area contributed by atoms with Gasteiger partial charge in [-0.05, 0) is 43.2 Å². The van der Waals surface area contributed by atoms with Crippen molar-refractivity contribution in [1.29, 1.82) is 0 Å². The average molecular weight is 303 g/mol. The van der Waals surface area contributed by atoms with Crippen molar-refractivity contribution in [2.45, 2.75) is 32.6 Å². The summed E-state index contributed by atoms with van der Waals surface area (Å²) in [6, 6.07) is 6.06. The Morgan fingerprint density at radius 3 is 2.95 bits per heavy atom. The normalized spacial score (nSPS) is 16.4. The van der Waals surface area contributed by atoms with Crippen LogP contribution >= 0.6 is 11.6 Å². The largest absolute Gasteiger partial charge is 0.361 e. The number of unbranched alkanes of at least 4 members (excludes halogenated alkanes) is 2. The number of hydrogen-bond donors (Lipinski definition) is 1. The lowest BCUT2D eigenvalue weighted by molar-refractivity contribution is 0.295. The second-order valence-corrected chi connectivity index (χ2v) is 6.32. The van der Waals surface area contributed by atoms with Crippen LogP contribution in [0.1, 0.15) is 38.2 Å². The number of nitrogens with zero attached hydrogens (tertiary/aromatic N) is 1. The van der Waals surface area contributed by atoms with Gasteiger partial charge in [-0.3, -0.25) is 4.90 Å². The average Bonchev–Trinajstić information content (AvgIpc) is 2.91. The summed E-state index contributed by atoms with van der Waals surface area (Å²) in [6.45, 7) is 5.74. The van der Waals surface area contributed by atoms with Gasteiger partial charge in [-0.25, -0.2) is 0 Å². The standard InChI is InChI=1S/C18H23ClN2/c1-2-3-4-9-21-10-7-14(8-11-21)17-13-20-18-6-5-15(19)12-16(17)18/h5-7,12-13,20H,2-4,8-11H2,1H3. The number of aromatic nitrogens is 1. The molecule has 2 nitrogen and oxygen atoms in total. The molecular weight excluding hydrogens is 280 g/mol. The Morgan fingerprint density at radius 1 is 1.29 bits per heavy atom. The molecule has 0 fully saturated rings. The van der Waals surface area contributed by atoms with Gasteiger partial charge in [0.15, 0.2) is 0 Å². The third kappa shape index (κ3) is 3.33. The number of benzene rings is 1. The molecule has 3 heteroatoms. The molecule has 112 valence electrons. The minimum Gasteiger partial charge on any atom is -0.361 e. The van der Waals surface area contributed by atoms with E-state index in [4.69, 9.17) is 11.6 Å². The first kappa shape index (κ1) is 14.7. The highest BCUT2D eigenvalue weighted by molar-refractivity contribution is 6.31. The van der Waals surface area contributed by atoms with Crippen LogP contribution in [0, 0.1) is 0 Å². The number of halogens is 1. The van der Waals surface area contributed by atoms with Crippen LogP contribution in [0.4, 0.5) is 0 Å². The number of hydrogen-bond acceptors (Lipinski definition) is 1. The molecule has 1 aliphatic rings. The van der Waals surface area contributed by atoms with Crippen molar-refractivity contribution in [1.82, 2.24) is 9.88 Å². The van der Waals surface area contributed by atoms with E-state index in [2.05, 4.69) is 41.2 Å². The predicted octanol–water partition coefficient (Wildman–Crippen LogP) is 5.10. The van der Waals surface area contributed by atoms with Crippen LogP contribution in [-0.2, 0) is 0 Å². The fraction of sp³-hybridized carbons (Fsp3) is 0.444. The molecule has 1 N–H and O–H groups in total. The van der Waals surface area contributed by atoms with Crippen molar-refractivity contribution in [2.24, 2.45) is 0 Å². The second-order valence-electron chi connectivity index (χ2n) is 5.88. The van der Waals surface area contributed by atoms with Crippen molar-refractivity contribution in [3.8, 4) is 0 Å². The van der Waals surface area contributed by atoms with E-state index in [0.29, 0.717) is 0 Å². The minimum atomic E-state index is 0.806. The monoisotopic (exact) mass is 302 g/mol. The van der Waals surface area contributed by atoms with Gasteiger partial charge < -0.3 is 4.98 Å². The van der Waals surface area contributed by atoms with E-state index in [-0.39, 0.29) is 0 Å². The molecule has 2 heterocycles. The zero-order valence-corrected chi connectivity index (χ0v) is 13.4. The minimum absolute atomic E-state index is 0.806. The molecule has 1 aliphatic heterocycles. The highest BCUT2D eigenvalue weighted by Gasteiger charge is 2.15. The molecule has 0 radical (unpaired) electrons. The molecule has 0 amide bonds. The topological polar surface area (TPSA) is 19.0 Å². The van der Waals surface area contributed by atoms with Gasteiger partial charge >= 0.3 is 0 Å². The van der Waals surface area contributed by atoms with Gasteiger partial charge in [0.2, 0.25) is 0 Å². The summed E-state index contributed by atoms with van der Waals surface area (Å²) in [7, 11) is 0. The molecule has 0 saturated heterocycles. The molecule has 0 unspecified atom stereocenters. The van der Waals surface area contributed by atoms with E-state index in [1.165, 1.54) is 54.4 Å². The first-order valence-electron chi connectivity index (χ1n) is 7.96. The van der Waals surface area contributed by atoms with Gasteiger partial charge in [0, 0.05) is 40.8 Å². The zero-order valence-electron chi connectivity index (χ0n) is 12.7. The van der Waals surface area contributed by atoms with E-state index in [1.807, 2.05) is 6.07 Å². The number of aromatic amines is 1. The maximum Gasteiger partial charge on any atom is 0.0461 e. The highest BCUT2D eigenvalue weighted by atomic mass is 35.5. The molecule has 1 aromatic carbocycles. The smallest absolute Gasteiger partial charge is 0.0461 e. The Hall–Kier alpha value is -1.25. The predicted molar refractivity (Wildman–Crippen MR) is 91.9 cm³/mol. The van der Waals surface area contributed by atoms with Crippen LogP contribution < -0.4 is 0 Å². The summed E-state index contributed by atoms with van der Waals surface area (Å²) in [5.74, 6) is 0. The summed E-state index contributed by atoms with van der Waals surface area (Å²) in [5.41, 5.74) is 3.94. The maximum atomic E-state index is 6.14. The molecule has 0 saturated carbocycles. The molecule has 2 aromatic rings. The van der Waals surface area contributed by atoms with Gasteiger partial charge in [0.05, 0.1) is 0 Å². The van der Waals surface area contributed by atoms with Crippen molar-refractivity contribution in [2.75, 3.05) is 19.6 Å². The second kappa shape index (κ2) is 6.67. The van der Waals surface area contributed by atoms with Crippen LogP contribution in [0.25, 0.3) is 16.5 Å². The van der Waals surface area contributed by atoms with Gasteiger partial charge in [-0.2, -0.15) is 0 Å². The van der Waals surface area contributed by atoms with E-state index in [0.717, 1.165) is 18.0 Å². The maximum absolute atomic E-state index is 6.14. The molecule has 21 heavy (non-hydrogen) atoms. The number of H-pyrrole nitrogens is 1. The number of nitrogens with one attached hydrogen (secondary N) is 1. The van der Waals surface area contributed by atoms with Crippen molar-refractivity contribution >= 4 is 28.1 Å². The summed E-state index contributed by atoms with van der Waals surface area (Å²) >= 11 is 6.14. The van der Waals surface area contributed by atoms with Gasteiger partial charge in [0.25, 0.3) is 0 Å². The Balaban J connectivity index is 1.73. The molecule has 0 spiro atoms. The first-order chi connectivity index (χ1) is 10.3. The summed E-state index contributed by atoms with van der Waals surface area (Å²) in [4.78, 5) is 5.91. The third-order valence-electron chi connectivity index (χ3n) is 4.36. The van der Waals surface area contributed by atoms with Crippen molar-refractivity contribution < 1.29 is 0 Å². The summed E-state index contributed by atoms with van der Waals surface area (Å²) in [5, 5.41) is 2.05. The number of fused-ring (bicyclic) bond motifs is 1. The fourth-order valence-electron chi connectivity index (χ4n) is 3.10.